The summed E-state index contributed by atoms with van der Waals surface area (Å²) in [4.78, 5) is 25.2. The predicted molar refractivity (Wildman–Crippen MR) is 83.7 cm³/mol. The maximum Gasteiger partial charge on any atom is 0.416 e. The van der Waals surface area contributed by atoms with Crippen molar-refractivity contribution >= 4 is 17.5 Å². The Balaban J connectivity index is 2.27. The first-order valence-corrected chi connectivity index (χ1v) is 7.67. The molecule has 1 aromatic carbocycles. The van der Waals surface area contributed by atoms with Crippen molar-refractivity contribution in [3.05, 3.63) is 29.3 Å². The third kappa shape index (κ3) is 4.47. The second-order valence-electron chi connectivity index (χ2n) is 5.83. The molecule has 24 heavy (non-hydrogen) atoms. The van der Waals surface area contributed by atoms with E-state index in [1.54, 1.807) is 4.90 Å². The Bertz CT molecular complexity index is 623. The van der Waals surface area contributed by atoms with E-state index < -0.39 is 23.6 Å². The number of hydrogen-bond acceptors (Lipinski definition) is 3. The summed E-state index contributed by atoms with van der Waals surface area (Å²) in [6.45, 7) is 2.16. The van der Waals surface area contributed by atoms with E-state index in [4.69, 9.17) is 0 Å². The number of nitrogens with one attached hydrogen (secondary N) is 2. The van der Waals surface area contributed by atoms with E-state index in [1.165, 1.54) is 13.0 Å². The highest BCUT2D eigenvalue weighted by Gasteiger charge is 2.33. The molecule has 0 aliphatic carbocycles. The van der Waals surface area contributed by atoms with Crippen molar-refractivity contribution in [2.45, 2.75) is 32.0 Å². The number of rotatable bonds is 3. The van der Waals surface area contributed by atoms with Gasteiger partial charge in [0.15, 0.2) is 0 Å². The minimum Gasteiger partial charge on any atom is -0.339 e. The second-order valence-corrected chi connectivity index (χ2v) is 5.83. The van der Waals surface area contributed by atoms with Gasteiger partial charge in [0.2, 0.25) is 5.91 Å². The van der Waals surface area contributed by atoms with Crippen LogP contribution in [-0.2, 0) is 11.0 Å². The Morgan fingerprint density at radius 2 is 1.79 bits per heavy atom. The lowest BCUT2D eigenvalue weighted by Crippen LogP contribution is -2.44. The van der Waals surface area contributed by atoms with Crippen LogP contribution in [0.5, 0.6) is 0 Å². The Morgan fingerprint density at radius 1 is 1.17 bits per heavy atom. The van der Waals surface area contributed by atoms with Crippen molar-refractivity contribution in [3.8, 4) is 0 Å². The molecule has 0 unspecified atom stereocenters. The lowest BCUT2D eigenvalue weighted by atomic mass is 10.0. The highest BCUT2D eigenvalue weighted by molar-refractivity contribution is 5.97. The molecule has 132 valence electrons. The van der Waals surface area contributed by atoms with E-state index in [-0.39, 0.29) is 11.3 Å². The first-order chi connectivity index (χ1) is 11.2. The molecule has 1 aliphatic heterocycles. The maximum absolute atomic E-state index is 13.0. The molecule has 2 N–H and O–H groups in total. The molecule has 0 bridgehead atoms. The number of carbonyl (C=O) groups is 2. The highest BCUT2D eigenvalue weighted by atomic mass is 19.4. The van der Waals surface area contributed by atoms with Crippen LogP contribution in [-0.4, -0.2) is 42.9 Å². The van der Waals surface area contributed by atoms with Crippen LogP contribution in [0.3, 0.4) is 0 Å². The van der Waals surface area contributed by atoms with Crippen LogP contribution >= 0.6 is 0 Å². The fraction of sp³-hybridized carbons (Fsp3) is 0.500. The molecular weight excluding hydrogens is 323 g/mol. The largest absolute Gasteiger partial charge is 0.416 e. The number of hydrogen-bond donors (Lipinski definition) is 2. The van der Waals surface area contributed by atoms with Crippen molar-refractivity contribution in [1.29, 1.82) is 0 Å². The van der Waals surface area contributed by atoms with Crippen molar-refractivity contribution < 1.29 is 22.8 Å². The summed E-state index contributed by atoms with van der Waals surface area (Å²) >= 11 is 0. The van der Waals surface area contributed by atoms with Crippen LogP contribution < -0.4 is 10.6 Å². The molecule has 0 aromatic heterocycles. The van der Waals surface area contributed by atoms with Crippen molar-refractivity contribution in [3.63, 3.8) is 0 Å². The maximum atomic E-state index is 13.0. The SMILES string of the molecule is CNC1CCN(C(=O)c2cc(NC(C)=O)cc(C(F)(F)F)c2)CC1. The molecule has 1 fully saturated rings. The molecule has 2 amide bonds. The highest BCUT2D eigenvalue weighted by Crippen LogP contribution is 2.32. The molecule has 1 saturated heterocycles. The fourth-order valence-corrected chi connectivity index (χ4v) is 2.74. The normalized spacial score (nSPS) is 16.1. The smallest absolute Gasteiger partial charge is 0.339 e. The third-order valence-electron chi connectivity index (χ3n) is 4.02. The summed E-state index contributed by atoms with van der Waals surface area (Å²) in [7, 11) is 1.84. The molecule has 0 saturated carbocycles. The van der Waals surface area contributed by atoms with E-state index in [2.05, 4.69) is 10.6 Å². The molecule has 2 rings (SSSR count). The van der Waals surface area contributed by atoms with Crippen LogP contribution in [0.4, 0.5) is 18.9 Å². The van der Waals surface area contributed by atoms with Crippen molar-refractivity contribution in [2.24, 2.45) is 0 Å². The van der Waals surface area contributed by atoms with Gasteiger partial charge in [-0.25, -0.2) is 0 Å². The number of likely N-dealkylation sites (tertiary alicyclic amines) is 1. The monoisotopic (exact) mass is 343 g/mol. The first-order valence-electron chi connectivity index (χ1n) is 7.67. The summed E-state index contributed by atoms with van der Waals surface area (Å²) in [5.41, 5.74) is -1.07. The van der Waals surface area contributed by atoms with Gasteiger partial charge >= 0.3 is 6.18 Å². The Labute approximate surface area is 138 Å². The summed E-state index contributed by atoms with van der Waals surface area (Å²) < 4.78 is 39.1. The average molecular weight is 343 g/mol. The molecule has 5 nitrogen and oxygen atoms in total. The number of halogens is 3. The number of amides is 2. The molecule has 1 heterocycles. The van der Waals surface area contributed by atoms with E-state index in [0.717, 1.165) is 25.0 Å². The van der Waals surface area contributed by atoms with E-state index >= 15 is 0 Å². The van der Waals surface area contributed by atoms with E-state index in [1.807, 2.05) is 7.05 Å². The predicted octanol–water partition coefficient (Wildman–Crippen LogP) is 2.49. The molecular formula is C16H20F3N3O2. The van der Waals surface area contributed by atoms with Gasteiger partial charge in [-0.15, -0.1) is 0 Å². The summed E-state index contributed by atoms with van der Waals surface area (Å²) in [6, 6.07) is 3.25. The van der Waals surface area contributed by atoms with Crippen molar-refractivity contribution in [1.82, 2.24) is 10.2 Å². The minimum atomic E-state index is -4.59. The number of nitrogens with zero attached hydrogens (tertiary/aromatic N) is 1. The van der Waals surface area contributed by atoms with Gasteiger partial charge in [0, 0.05) is 37.3 Å². The average Bonchev–Trinajstić information content (AvgIpc) is 2.52. The first kappa shape index (κ1) is 18.3. The summed E-state index contributed by atoms with van der Waals surface area (Å²) in [5, 5.41) is 5.44. The van der Waals surface area contributed by atoms with Gasteiger partial charge < -0.3 is 15.5 Å². The molecule has 1 aromatic rings. The zero-order valence-corrected chi connectivity index (χ0v) is 13.5. The van der Waals surface area contributed by atoms with Crippen LogP contribution in [0.15, 0.2) is 18.2 Å². The molecule has 0 spiro atoms. The lowest BCUT2D eigenvalue weighted by Gasteiger charge is -2.32. The lowest BCUT2D eigenvalue weighted by molar-refractivity contribution is -0.137. The van der Waals surface area contributed by atoms with E-state index in [9.17, 15) is 22.8 Å². The van der Waals surface area contributed by atoms with Gasteiger partial charge in [-0.1, -0.05) is 0 Å². The zero-order valence-electron chi connectivity index (χ0n) is 13.5. The van der Waals surface area contributed by atoms with Gasteiger partial charge in [0.25, 0.3) is 5.91 Å². The number of benzene rings is 1. The van der Waals surface area contributed by atoms with E-state index in [0.29, 0.717) is 19.1 Å². The third-order valence-corrected chi connectivity index (χ3v) is 4.02. The van der Waals surface area contributed by atoms with Crippen molar-refractivity contribution in [2.75, 3.05) is 25.5 Å². The van der Waals surface area contributed by atoms with Crippen LogP contribution in [0, 0.1) is 0 Å². The van der Waals surface area contributed by atoms with Gasteiger partial charge in [0.05, 0.1) is 5.56 Å². The summed E-state index contributed by atoms with van der Waals surface area (Å²) in [6.07, 6.45) is -3.10. The Hall–Kier alpha value is -2.09. The van der Waals surface area contributed by atoms with Crippen LogP contribution in [0.2, 0.25) is 0 Å². The number of carbonyl (C=O) groups excluding carboxylic acids is 2. The zero-order chi connectivity index (χ0) is 17.9. The number of piperidine rings is 1. The quantitative estimate of drug-likeness (QED) is 0.886. The van der Waals surface area contributed by atoms with Crippen LogP contribution in [0.1, 0.15) is 35.7 Å². The van der Waals surface area contributed by atoms with Gasteiger partial charge in [-0.3, -0.25) is 9.59 Å². The van der Waals surface area contributed by atoms with Gasteiger partial charge in [-0.05, 0) is 38.1 Å². The number of anilines is 1. The molecule has 0 atom stereocenters. The Kier molecular flexibility index (Phi) is 5.48. The standard InChI is InChI=1S/C16H20F3N3O2/c1-10(23)21-14-8-11(7-12(9-14)16(17,18)19)15(24)22-5-3-13(20-2)4-6-22/h7-9,13,20H,3-6H2,1-2H3,(H,21,23). The summed E-state index contributed by atoms with van der Waals surface area (Å²) in [5.74, 6) is -0.954. The molecule has 8 heteroatoms. The van der Waals surface area contributed by atoms with Gasteiger partial charge in [-0.2, -0.15) is 13.2 Å². The van der Waals surface area contributed by atoms with Gasteiger partial charge in [0.1, 0.15) is 0 Å². The molecule has 0 radical (unpaired) electrons. The van der Waals surface area contributed by atoms with Crippen LogP contribution in [0.25, 0.3) is 0 Å². The second kappa shape index (κ2) is 7.21. The topological polar surface area (TPSA) is 61.4 Å². The molecule has 1 aliphatic rings. The minimum absolute atomic E-state index is 0.0363. The fourth-order valence-electron chi connectivity index (χ4n) is 2.74. The Morgan fingerprint density at radius 3 is 2.29 bits per heavy atom. The number of alkyl halides is 3.